The largest absolute Gasteiger partial charge is 0.475 e. The molecule has 1 aromatic heterocycles. The monoisotopic (exact) mass is 246 g/mol. The van der Waals surface area contributed by atoms with Crippen molar-refractivity contribution < 1.29 is 14.3 Å². The fraction of sp³-hybridized carbons (Fsp3) is 0.400. The zero-order chi connectivity index (χ0) is 13.4. The predicted molar refractivity (Wildman–Crippen MR) is 71.2 cm³/mol. The van der Waals surface area contributed by atoms with Crippen LogP contribution in [0, 0.1) is 19.8 Å². The van der Waals surface area contributed by atoms with Gasteiger partial charge in [-0.05, 0) is 43.4 Å². The maximum absolute atomic E-state index is 11.3. The Bertz CT molecular complexity index is 606. The summed E-state index contributed by atoms with van der Waals surface area (Å²) in [5, 5.41) is 10.2. The molecule has 0 spiro atoms. The molecule has 3 nitrogen and oxygen atoms in total. The Hall–Kier alpha value is -1.77. The summed E-state index contributed by atoms with van der Waals surface area (Å²) in [6.45, 7) is 8.11. The minimum atomic E-state index is -0.987. The second-order valence-corrected chi connectivity index (χ2v) is 5.27. The first-order valence-electron chi connectivity index (χ1n) is 6.16. The van der Waals surface area contributed by atoms with Gasteiger partial charge >= 0.3 is 5.97 Å². The number of furan rings is 1. The van der Waals surface area contributed by atoms with Crippen molar-refractivity contribution in [1.29, 1.82) is 0 Å². The number of carbonyl (C=O) groups is 1. The first kappa shape index (κ1) is 12.7. The van der Waals surface area contributed by atoms with Crippen molar-refractivity contribution in [2.45, 2.75) is 34.1 Å². The Balaban J connectivity index is 2.76. The van der Waals surface area contributed by atoms with Crippen molar-refractivity contribution in [3.63, 3.8) is 0 Å². The number of benzene rings is 1. The predicted octanol–water partition coefficient (Wildman–Crippen LogP) is 3.95. The summed E-state index contributed by atoms with van der Waals surface area (Å²) in [5.41, 5.74) is 3.64. The molecule has 0 amide bonds. The molecule has 0 aliphatic carbocycles. The number of carboxylic acids is 1. The van der Waals surface area contributed by atoms with Gasteiger partial charge in [-0.3, -0.25) is 0 Å². The van der Waals surface area contributed by atoms with Gasteiger partial charge in [-0.2, -0.15) is 0 Å². The fourth-order valence-corrected chi connectivity index (χ4v) is 2.38. The van der Waals surface area contributed by atoms with Gasteiger partial charge in [-0.15, -0.1) is 0 Å². The van der Waals surface area contributed by atoms with Crippen LogP contribution >= 0.6 is 0 Å². The van der Waals surface area contributed by atoms with Crippen LogP contribution in [0.25, 0.3) is 11.0 Å². The van der Waals surface area contributed by atoms with Gasteiger partial charge in [0.25, 0.3) is 0 Å². The van der Waals surface area contributed by atoms with E-state index in [1.54, 1.807) is 0 Å². The fourth-order valence-electron chi connectivity index (χ4n) is 2.38. The highest BCUT2D eigenvalue weighted by Crippen LogP contribution is 2.31. The van der Waals surface area contributed by atoms with Crippen LogP contribution < -0.4 is 0 Å². The topological polar surface area (TPSA) is 50.4 Å². The SMILES string of the molecule is Cc1cc(C)c2oc(C(=O)O)c(CC(C)C)c2c1. The van der Waals surface area contributed by atoms with Crippen LogP contribution in [0.5, 0.6) is 0 Å². The van der Waals surface area contributed by atoms with E-state index in [1.165, 1.54) is 0 Å². The van der Waals surface area contributed by atoms with Crippen LogP contribution in [0.4, 0.5) is 0 Å². The van der Waals surface area contributed by atoms with E-state index in [1.807, 2.05) is 26.0 Å². The molecule has 0 fully saturated rings. The van der Waals surface area contributed by atoms with Crippen molar-refractivity contribution in [1.82, 2.24) is 0 Å². The number of aromatic carboxylic acids is 1. The summed E-state index contributed by atoms with van der Waals surface area (Å²) in [7, 11) is 0. The number of carboxylic acid groups (broad SMARTS) is 1. The van der Waals surface area contributed by atoms with Gasteiger partial charge < -0.3 is 9.52 Å². The van der Waals surface area contributed by atoms with E-state index in [0.29, 0.717) is 11.5 Å². The van der Waals surface area contributed by atoms with E-state index < -0.39 is 5.97 Å². The molecule has 0 aliphatic rings. The lowest BCUT2D eigenvalue weighted by Crippen LogP contribution is -2.02. The molecule has 0 unspecified atom stereocenters. The molecule has 18 heavy (non-hydrogen) atoms. The van der Waals surface area contributed by atoms with E-state index in [9.17, 15) is 9.90 Å². The minimum absolute atomic E-state index is 0.0902. The van der Waals surface area contributed by atoms with Gasteiger partial charge in [-0.1, -0.05) is 19.9 Å². The highest BCUT2D eigenvalue weighted by molar-refractivity contribution is 5.96. The average Bonchev–Trinajstić information content (AvgIpc) is 2.57. The van der Waals surface area contributed by atoms with E-state index in [0.717, 1.165) is 28.5 Å². The molecule has 1 N–H and O–H groups in total. The molecule has 2 rings (SSSR count). The Morgan fingerprint density at radius 2 is 2.00 bits per heavy atom. The lowest BCUT2D eigenvalue weighted by molar-refractivity contribution is 0.0663. The molecule has 2 aromatic rings. The first-order chi connectivity index (χ1) is 8.40. The molecule has 0 aliphatic heterocycles. The van der Waals surface area contributed by atoms with Crippen LogP contribution in [-0.2, 0) is 6.42 Å². The molecular weight excluding hydrogens is 228 g/mol. The Labute approximate surface area is 106 Å². The molecule has 0 radical (unpaired) electrons. The molecular formula is C15H18O3. The smallest absolute Gasteiger partial charge is 0.372 e. The molecule has 0 saturated carbocycles. The highest BCUT2D eigenvalue weighted by atomic mass is 16.4. The van der Waals surface area contributed by atoms with E-state index in [2.05, 4.69) is 13.8 Å². The van der Waals surface area contributed by atoms with Gasteiger partial charge in [0.15, 0.2) is 0 Å². The minimum Gasteiger partial charge on any atom is -0.475 e. The average molecular weight is 246 g/mol. The third kappa shape index (κ3) is 2.13. The maximum atomic E-state index is 11.3. The standard InChI is InChI=1S/C15H18O3/c1-8(2)5-11-12-7-9(3)6-10(4)13(12)18-14(11)15(16)17/h6-8H,5H2,1-4H3,(H,16,17). The molecule has 0 bridgehead atoms. The van der Waals surface area contributed by atoms with Gasteiger partial charge in [0.2, 0.25) is 5.76 Å². The maximum Gasteiger partial charge on any atom is 0.372 e. The Morgan fingerprint density at radius 1 is 1.33 bits per heavy atom. The number of hydrogen-bond donors (Lipinski definition) is 1. The van der Waals surface area contributed by atoms with Crippen LogP contribution in [0.2, 0.25) is 0 Å². The number of aryl methyl sites for hydroxylation is 2. The summed E-state index contributed by atoms with van der Waals surface area (Å²) < 4.78 is 5.55. The number of rotatable bonds is 3. The van der Waals surface area contributed by atoms with Crippen molar-refractivity contribution in [2.24, 2.45) is 5.92 Å². The quantitative estimate of drug-likeness (QED) is 0.892. The third-order valence-corrected chi connectivity index (χ3v) is 3.03. The van der Waals surface area contributed by atoms with Gasteiger partial charge in [0.1, 0.15) is 5.58 Å². The van der Waals surface area contributed by atoms with Gasteiger partial charge in [0, 0.05) is 10.9 Å². The van der Waals surface area contributed by atoms with Crippen molar-refractivity contribution in [3.05, 3.63) is 34.6 Å². The van der Waals surface area contributed by atoms with Crippen molar-refractivity contribution in [3.8, 4) is 0 Å². The molecule has 0 atom stereocenters. The summed E-state index contributed by atoms with van der Waals surface area (Å²) in [5.74, 6) is -0.504. The van der Waals surface area contributed by atoms with Crippen LogP contribution in [-0.4, -0.2) is 11.1 Å². The van der Waals surface area contributed by atoms with Crippen LogP contribution in [0.15, 0.2) is 16.5 Å². The zero-order valence-corrected chi connectivity index (χ0v) is 11.2. The molecule has 1 heterocycles. The van der Waals surface area contributed by atoms with Gasteiger partial charge in [-0.25, -0.2) is 4.79 Å². The number of fused-ring (bicyclic) bond motifs is 1. The molecule has 1 aromatic carbocycles. The van der Waals surface area contributed by atoms with E-state index in [-0.39, 0.29) is 5.76 Å². The first-order valence-corrected chi connectivity index (χ1v) is 6.16. The normalized spacial score (nSPS) is 11.4. The van der Waals surface area contributed by atoms with E-state index >= 15 is 0 Å². The summed E-state index contributed by atoms with van der Waals surface area (Å²) in [4.78, 5) is 11.3. The Morgan fingerprint density at radius 3 is 2.56 bits per heavy atom. The summed E-state index contributed by atoms with van der Waals surface area (Å²) in [6.07, 6.45) is 0.720. The molecule has 0 saturated heterocycles. The molecule has 3 heteroatoms. The molecule has 96 valence electrons. The second kappa shape index (κ2) is 4.48. The van der Waals surface area contributed by atoms with Gasteiger partial charge in [0.05, 0.1) is 0 Å². The van der Waals surface area contributed by atoms with Crippen LogP contribution in [0.3, 0.4) is 0 Å². The van der Waals surface area contributed by atoms with Crippen LogP contribution in [0.1, 0.15) is 41.1 Å². The lowest BCUT2D eigenvalue weighted by atomic mass is 9.98. The zero-order valence-electron chi connectivity index (χ0n) is 11.2. The Kier molecular flexibility index (Phi) is 3.16. The van der Waals surface area contributed by atoms with Crippen molar-refractivity contribution >= 4 is 16.9 Å². The number of hydrogen-bond acceptors (Lipinski definition) is 2. The lowest BCUT2D eigenvalue weighted by Gasteiger charge is -2.04. The second-order valence-electron chi connectivity index (χ2n) is 5.27. The third-order valence-electron chi connectivity index (χ3n) is 3.03. The summed E-state index contributed by atoms with van der Waals surface area (Å²) >= 11 is 0. The van der Waals surface area contributed by atoms with E-state index in [4.69, 9.17) is 4.42 Å². The highest BCUT2D eigenvalue weighted by Gasteiger charge is 2.21. The van der Waals surface area contributed by atoms with Crippen molar-refractivity contribution in [2.75, 3.05) is 0 Å². The summed E-state index contributed by atoms with van der Waals surface area (Å²) in [6, 6.07) is 4.02.